The van der Waals surface area contributed by atoms with E-state index in [1.54, 1.807) is 0 Å². The Labute approximate surface area is 175 Å². The van der Waals surface area contributed by atoms with E-state index >= 15 is 0 Å². The lowest BCUT2D eigenvalue weighted by atomic mass is 9.83. The number of aliphatic hydroxyl groups excluding tert-OH is 1. The fourth-order valence-electron chi connectivity index (χ4n) is 2.41. The van der Waals surface area contributed by atoms with Crippen molar-refractivity contribution in [3.05, 3.63) is 0 Å². The van der Waals surface area contributed by atoms with Crippen molar-refractivity contribution in [1.29, 1.82) is 0 Å². The molecule has 0 aromatic carbocycles. The summed E-state index contributed by atoms with van der Waals surface area (Å²) in [5.41, 5.74) is -8.74. The minimum absolute atomic E-state index is 0.354. The topological polar surface area (TPSA) is 20.2 Å². The Hall–Kier alpha value is -1.37. The SMILES string of the molecule is CCCC(O)CC(F)(F)C(F)(F)C(F)(F)C(F)(F)C(F)(F)C(F)(F)C(F)(C(F)(F)F)C(F)(F)F. The summed E-state index contributed by atoms with van der Waals surface area (Å²) in [6, 6.07) is 0. The number of rotatable bonds is 10. The van der Waals surface area contributed by atoms with E-state index in [0.717, 1.165) is 6.92 Å². The zero-order chi connectivity index (χ0) is 28.2. The Bertz CT molecular complexity index is 689. The molecule has 1 N–H and O–H groups in total. The Balaban J connectivity index is 6.93. The van der Waals surface area contributed by atoms with Crippen molar-refractivity contribution < 1.29 is 88.5 Å². The molecule has 1 unspecified atom stereocenters. The third-order valence-electron chi connectivity index (χ3n) is 4.36. The van der Waals surface area contributed by atoms with Gasteiger partial charge in [-0.15, -0.1) is 0 Å². The first kappa shape index (κ1) is 32.6. The van der Waals surface area contributed by atoms with Crippen molar-refractivity contribution in [3.8, 4) is 0 Å². The molecule has 0 amide bonds. The third kappa shape index (κ3) is 4.35. The summed E-state index contributed by atoms with van der Waals surface area (Å²) in [5, 5.41) is 8.98. The van der Waals surface area contributed by atoms with E-state index < -0.39 is 72.5 Å². The molecular formula is C14H11F19O. The first-order valence-corrected chi connectivity index (χ1v) is 8.23. The fourth-order valence-corrected chi connectivity index (χ4v) is 2.41. The van der Waals surface area contributed by atoms with Gasteiger partial charge in [-0.1, -0.05) is 13.3 Å². The molecule has 1 nitrogen and oxygen atoms in total. The monoisotopic (exact) mass is 556 g/mol. The number of halogens is 19. The van der Waals surface area contributed by atoms with E-state index in [-0.39, 0.29) is 6.42 Å². The average Bonchev–Trinajstić information content (AvgIpc) is 2.57. The molecule has 0 heterocycles. The normalized spacial score (nSPS) is 17.2. The lowest BCUT2D eigenvalue weighted by molar-refractivity contribution is -0.472. The van der Waals surface area contributed by atoms with Gasteiger partial charge in [0.25, 0.3) is 0 Å². The van der Waals surface area contributed by atoms with Crippen molar-refractivity contribution in [2.24, 2.45) is 0 Å². The average molecular weight is 556 g/mol. The molecule has 0 aromatic rings. The Kier molecular flexibility index (Phi) is 8.28. The van der Waals surface area contributed by atoms with Crippen LogP contribution in [0.15, 0.2) is 0 Å². The van der Waals surface area contributed by atoms with E-state index in [2.05, 4.69) is 0 Å². The van der Waals surface area contributed by atoms with Gasteiger partial charge in [-0.05, 0) is 6.42 Å². The summed E-state index contributed by atoms with van der Waals surface area (Å²) in [7, 11) is 0. The maximum atomic E-state index is 13.6. The van der Waals surface area contributed by atoms with Gasteiger partial charge in [0.05, 0.1) is 6.10 Å². The molecule has 206 valence electrons. The molecule has 0 radical (unpaired) electrons. The summed E-state index contributed by atoms with van der Waals surface area (Å²) < 4.78 is 249. The van der Waals surface area contributed by atoms with Crippen LogP contribution in [-0.4, -0.2) is 64.8 Å². The fraction of sp³-hybridized carbons (Fsp3) is 1.00. The number of hydrogen-bond donors (Lipinski definition) is 1. The van der Waals surface area contributed by atoms with Crippen LogP contribution in [0.5, 0.6) is 0 Å². The minimum Gasteiger partial charge on any atom is -0.393 e. The van der Waals surface area contributed by atoms with Gasteiger partial charge >= 0.3 is 53.6 Å². The van der Waals surface area contributed by atoms with E-state index in [1.165, 1.54) is 0 Å². The van der Waals surface area contributed by atoms with Crippen LogP contribution in [0.4, 0.5) is 83.4 Å². The highest BCUT2D eigenvalue weighted by molar-refractivity contribution is 5.19. The van der Waals surface area contributed by atoms with E-state index in [9.17, 15) is 83.4 Å². The second kappa shape index (κ2) is 8.63. The van der Waals surface area contributed by atoms with Crippen LogP contribution in [0.3, 0.4) is 0 Å². The standard InChI is InChI=1S/C14H11F19O/c1-2-3-5(34)4-6(15,16)8(18,19)10(22,23)12(26,27)11(24,25)9(20,21)7(17,13(28,29)30)14(31,32)33/h5,34H,2-4H2,1H3. The summed E-state index contributed by atoms with van der Waals surface area (Å²) in [4.78, 5) is 0. The first-order valence-electron chi connectivity index (χ1n) is 8.23. The second-order valence-electron chi connectivity index (χ2n) is 6.88. The molecule has 0 fully saturated rings. The molecule has 0 aliphatic carbocycles. The predicted octanol–water partition coefficient (Wildman–Crippen LogP) is 7.18. The Morgan fingerprint density at radius 1 is 0.500 bits per heavy atom. The molecule has 0 bridgehead atoms. The van der Waals surface area contributed by atoms with Crippen molar-refractivity contribution in [2.75, 3.05) is 0 Å². The second-order valence-corrected chi connectivity index (χ2v) is 6.88. The lowest BCUT2D eigenvalue weighted by Crippen LogP contribution is -2.77. The van der Waals surface area contributed by atoms with Crippen molar-refractivity contribution in [3.63, 3.8) is 0 Å². The van der Waals surface area contributed by atoms with Crippen molar-refractivity contribution >= 4 is 0 Å². The highest BCUT2D eigenvalue weighted by Crippen LogP contribution is 2.66. The molecule has 0 saturated heterocycles. The van der Waals surface area contributed by atoms with Gasteiger partial charge in [-0.2, -0.15) is 79.0 Å². The molecule has 20 heteroatoms. The third-order valence-corrected chi connectivity index (χ3v) is 4.36. The van der Waals surface area contributed by atoms with Crippen LogP contribution in [0.2, 0.25) is 0 Å². The summed E-state index contributed by atoms with van der Waals surface area (Å²) in [6.45, 7) is 1.06. The van der Waals surface area contributed by atoms with Gasteiger partial charge in [0.2, 0.25) is 0 Å². The number of aliphatic hydroxyl groups is 1. The summed E-state index contributed by atoms with van der Waals surface area (Å²) in [5.74, 6) is -50.0. The van der Waals surface area contributed by atoms with Gasteiger partial charge in [0.15, 0.2) is 0 Å². The maximum Gasteiger partial charge on any atom is 0.438 e. The van der Waals surface area contributed by atoms with Gasteiger partial charge in [-0.3, -0.25) is 0 Å². The summed E-state index contributed by atoms with van der Waals surface area (Å²) >= 11 is 0. The molecule has 0 saturated carbocycles. The molecule has 0 aliphatic heterocycles. The van der Waals surface area contributed by atoms with Crippen molar-refractivity contribution in [1.82, 2.24) is 0 Å². The number of alkyl halides is 19. The summed E-state index contributed by atoms with van der Waals surface area (Å²) in [6.07, 6.45) is -23.5. The van der Waals surface area contributed by atoms with Gasteiger partial charge in [0.1, 0.15) is 0 Å². The van der Waals surface area contributed by atoms with Gasteiger partial charge in [0, 0.05) is 6.42 Å². The van der Waals surface area contributed by atoms with E-state index in [4.69, 9.17) is 5.11 Å². The van der Waals surface area contributed by atoms with Crippen LogP contribution < -0.4 is 0 Å². The Morgan fingerprint density at radius 3 is 1.09 bits per heavy atom. The predicted molar refractivity (Wildman–Crippen MR) is 71.2 cm³/mol. The molecule has 0 rings (SSSR count). The Morgan fingerprint density at radius 2 is 0.794 bits per heavy atom. The van der Waals surface area contributed by atoms with Crippen LogP contribution in [-0.2, 0) is 0 Å². The molecule has 0 spiro atoms. The van der Waals surface area contributed by atoms with E-state index in [0.29, 0.717) is 0 Å². The van der Waals surface area contributed by atoms with Crippen LogP contribution in [0, 0.1) is 0 Å². The van der Waals surface area contributed by atoms with Crippen LogP contribution in [0.25, 0.3) is 0 Å². The highest BCUT2D eigenvalue weighted by Gasteiger charge is 2.98. The smallest absolute Gasteiger partial charge is 0.393 e. The lowest BCUT2D eigenvalue weighted by Gasteiger charge is -2.45. The van der Waals surface area contributed by atoms with Gasteiger partial charge in [-0.25, -0.2) is 4.39 Å². The zero-order valence-corrected chi connectivity index (χ0v) is 15.8. The van der Waals surface area contributed by atoms with Crippen LogP contribution >= 0.6 is 0 Å². The maximum absolute atomic E-state index is 13.6. The molecule has 34 heavy (non-hydrogen) atoms. The molecule has 1 atom stereocenters. The van der Waals surface area contributed by atoms with Crippen molar-refractivity contribution in [2.45, 2.75) is 85.8 Å². The first-order chi connectivity index (χ1) is 14.5. The zero-order valence-electron chi connectivity index (χ0n) is 15.8. The molecule has 0 aromatic heterocycles. The van der Waals surface area contributed by atoms with Crippen LogP contribution in [0.1, 0.15) is 26.2 Å². The largest absolute Gasteiger partial charge is 0.438 e. The quantitative estimate of drug-likeness (QED) is 0.283. The minimum atomic E-state index is -9.02. The molecular weight excluding hydrogens is 545 g/mol. The van der Waals surface area contributed by atoms with Gasteiger partial charge < -0.3 is 5.11 Å². The highest BCUT2D eigenvalue weighted by atomic mass is 19.4. The molecule has 0 aliphatic rings. The van der Waals surface area contributed by atoms with E-state index in [1.807, 2.05) is 0 Å². The number of hydrogen-bond acceptors (Lipinski definition) is 1.